The third-order valence-electron chi connectivity index (χ3n) is 2.98. The second-order valence-electron chi connectivity index (χ2n) is 4.69. The number of carbonyl (C=O) groups excluding carboxylic acids is 1. The lowest BCUT2D eigenvalue weighted by Gasteiger charge is -2.11. The van der Waals surface area contributed by atoms with E-state index >= 15 is 0 Å². The van der Waals surface area contributed by atoms with E-state index in [0.29, 0.717) is 27.7 Å². The molecule has 0 atom stereocenters. The van der Waals surface area contributed by atoms with E-state index in [-0.39, 0.29) is 6.42 Å². The third kappa shape index (κ3) is 4.89. The first-order chi connectivity index (χ1) is 11.0. The van der Waals surface area contributed by atoms with Crippen molar-refractivity contribution in [3.63, 3.8) is 0 Å². The van der Waals surface area contributed by atoms with Crippen LogP contribution >= 0.6 is 11.6 Å². The van der Waals surface area contributed by atoms with Crippen LogP contribution in [0.3, 0.4) is 0 Å². The summed E-state index contributed by atoms with van der Waals surface area (Å²) in [5.41, 5.74) is 1.64. The average molecular weight is 335 g/mol. The number of urea groups is 1. The largest absolute Gasteiger partial charge is 0.495 e. The summed E-state index contributed by atoms with van der Waals surface area (Å²) in [6, 6.07) is 11.0. The highest BCUT2D eigenvalue weighted by atomic mass is 35.5. The van der Waals surface area contributed by atoms with Crippen molar-refractivity contribution in [3.05, 3.63) is 53.1 Å². The number of carboxylic acid groups (broad SMARTS) is 1. The van der Waals surface area contributed by atoms with Gasteiger partial charge in [-0.15, -0.1) is 0 Å². The van der Waals surface area contributed by atoms with E-state index in [1.807, 2.05) is 0 Å². The van der Waals surface area contributed by atoms with E-state index in [1.54, 1.807) is 42.5 Å². The fourth-order valence-electron chi connectivity index (χ4n) is 1.94. The summed E-state index contributed by atoms with van der Waals surface area (Å²) in [5.74, 6) is -0.419. The Bertz CT molecular complexity index is 717. The van der Waals surface area contributed by atoms with Crippen molar-refractivity contribution in [2.45, 2.75) is 6.42 Å². The Balaban J connectivity index is 2.02. The van der Waals surface area contributed by atoms with E-state index in [2.05, 4.69) is 10.6 Å². The van der Waals surface area contributed by atoms with Gasteiger partial charge < -0.3 is 20.5 Å². The fourth-order valence-corrected chi connectivity index (χ4v) is 2.12. The van der Waals surface area contributed by atoms with Crippen molar-refractivity contribution < 1.29 is 19.4 Å². The zero-order valence-corrected chi connectivity index (χ0v) is 13.1. The van der Waals surface area contributed by atoms with Crippen LogP contribution in [0.5, 0.6) is 5.75 Å². The van der Waals surface area contributed by atoms with Crippen molar-refractivity contribution in [2.24, 2.45) is 0 Å². The number of rotatable bonds is 5. The summed E-state index contributed by atoms with van der Waals surface area (Å²) < 4.78 is 5.15. The molecule has 0 aromatic heterocycles. The Morgan fingerprint density at radius 2 is 1.83 bits per heavy atom. The predicted molar refractivity (Wildman–Crippen MR) is 88.4 cm³/mol. The minimum absolute atomic E-state index is 0.0633. The minimum Gasteiger partial charge on any atom is -0.495 e. The number of aliphatic carboxylic acids is 1. The van der Waals surface area contributed by atoms with Gasteiger partial charge in [-0.25, -0.2) is 4.79 Å². The van der Waals surface area contributed by atoms with Gasteiger partial charge in [0.15, 0.2) is 0 Å². The fraction of sp³-hybridized carbons (Fsp3) is 0.125. The van der Waals surface area contributed by atoms with Gasteiger partial charge in [-0.2, -0.15) is 0 Å². The molecule has 0 unspecified atom stereocenters. The van der Waals surface area contributed by atoms with Crippen LogP contribution in [0.15, 0.2) is 42.5 Å². The first-order valence-corrected chi connectivity index (χ1v) is 7.08. The summed E-state index contributed by atoms with van der Waals surface area (Å²) in [6.07, 6.45) is -0.0633. The number of methoxy groups -OCH3 is 1. The van der Waals surface area contributed by atoms with Crippen LogP contribution in [0.2, 0.25) is 5.02 Å². The molecule has 0 heterocycles. The molecule has 0 aliphatic heterocycles. The van der Waals surface area contributed by atoms with Crippen molar-refractivity contribution >= 4 is 35.0 Å². The van der Waals surface area contributed by atoms with E-state index in [9.17, 15) is 9.59 Å². The second-order valence-corrected chi connectivity index (χ2v) is 5.13. The number of benzene rings is 2. The zero-order chi connectivity index (χ0) is 16.8. The van der Waals surface area contributed by atoms with Gasteiger partial charge in [0.25, 0.3) is 0 Å². The number of nitrogens with one attached hydrogen (secondary N) is 2. The number of hydrogen-bond donors (Lipinski definition) is 3. The quantitative estimate of drug-likeness (QED) is 0.779. The molecule has 2 rings (SSSR count). The molecular formula is C16H15ClN2O4. The van der Waals surface area contributed by atoms with Gasteiger partial charge in [0.05, 0.1) is 19.2 Å². The molecule has 7 heteroatoms. The molecule has 2 amide bonds. The summed E-state index contributed by atoms with van der Waals surface area (Å²) >= 11 is 5.90. The van der Waals surface area contributed by atoms with Crippen molar-refractivity contribution in [3.8, 4) is 5.75 Å². The number of carboxylic acids is 1. The number of amides is 2. The van der Waals surface area contributed by atoms with E-state index in [0.717, 1.165) is 0 Å². The number of hydrogen-bond acceptors (Lipinski definition) is 3. The summed E-state index contributed by atoms with van der Waals surface area (Å²) in [5, 5.41) is 14.5. The highest BCUT2D eigenvalue weighted by Gasteiger charge is 2.09. The molecule has 0 fully saturated rings. The number of ether oxygens (including phenoxy) is 1. The highest BCUT2D eigenvalue weighted by Crippen LogP contribution is 2.27. The summed E-state index contributed by atoms with van der Waals surface area (Å²) in [4.78, 5) is 22.6. The lowest BCUT2D eigenvalue weighted by Crippen LogP contribution is -2.19. The molecule has 0 saturated heterocycles. The summed E-state index contributed by atoms with van der Waals surface area (Å²) in [7, 11) is 1.49. The predicted octanol–water partition coefficient (Wildman–Crippen LogP) is 3.62. The number of carbonyl (C=O) groups is 2. The molecule has 6 nitrogen and oxygen atoms in total. The van der Waals surface area contributed by atoms with Gasteiger partial charge in [-0.05, 0) is 35.9 Å². The van der Waals surface area contributed by atoms with Crippen LogP contribution in [0, 0.1) is 0 Å². The molecule has 0 bridgehead atoms. The van der Waals surface area contributed by atoms with E-state index in [1.165, 1.54) is 7.11 Å². The first-order valence-electron chi connectivity index (χ1n) is 6.70. The van der Waals surface area contributed by atoms with Crippen molar-refractivity contribution in [1.82, 2.24) is 0 Å². The van der Waals surface area contributed by atoms with Gasteiger partial charge >= 0.3 is 12.0 Å². The van der Waals surface area contributed by atoms with Gasteiger partial charge in [0, 0.05) is 10.7 Å². The maximum Gasteiger partial charge on any atom is 0.323 e. The molecule has 0 aliphatic rings. The molecular weight excluding hydrogens is 320 g/mol. The Morgan fingerprint density at radius 3 is 2.43 bits per heavy atom. The maximum atomic E-state index is 12.0. The van der Waals surface area contributed by atoms with Crippen molar-refractivity contribution in [1.29, 1.82) is 0 Å². The summed E-state index contributed by atoms with van der Waals surface area (Å²) in [6.45, 7) is 0. The van der Waals surface area contributed by atoms with Crippen LogP contribution in [0.4, 0.5) is 16.2 Å². The third-order valence-corrected chi connectivity index (χ3v) is 3.21. The molecule has 0 spiro atoms. The molecule has 3 N–H and O–H groups in total. The molecule has 2 aromatic carbocycles. The number of halogens is 1. The van der Waals surface area contributed by atoms with Crippen LogP contribution in [-0.2, 0) is 11.2 Å². The molecule has 23 heavy (non-hydrogen) atoms. The topological polar surface area (TPSA) is 87.7 Å². The smallest absolute Gasteiger partial charge is 0.323 e. The highest BCUT2D eigenvalue weighted by molar-refractivity contribution is 6.31. The maximum absolute atomic E-state index is 12.0. The minimum atomic E-state index is -0.906. The Kier molecular flexibility index (Phi) is 5.43. The number of anilines is 2. The van der Waals surface area contributed by atoms with Gasteiger partial charge in [0.1, 0.15) is 5.75 Å². The molecule has 120 valence electrons. The molecule has 0 aliphatic carbocycles. The van der Waals surface area contributed by atoms with Crippen LogP contribution in [0.1, 0.15) is 5.56 Å². The monoisotopic (exact) mass is 334 g/mol. The Hall–Kier alpha value is -2.73. The normalized spacial score (nSPS) is 10.0. The average Bonchev–Trinajstić information content (AvgIpc) is 2.49. The Labute approximate surface area is 138 Å². The van der Waals surface area contributed by atoms with E-state index in [4.69, 9.17) is 21.4 Å². The lowest BCUT2D eigenvalue weighted by molar-refractivity contribution is -0.136. The van der Waals surface area contributed by atoms with Crippen LogP contribution in [0.25, 0.3) is 0 Å². The van der Waals surface area contributed by atoms with Crippen LogP contribution in [-0.4, -0.2) is 24.2 Å². The van der Waals surface area contributed by atoms with Gasteiger partial charge in [-0.3, -0.25) is 4.79 Å². The van der Waals surface area contributed by atoms with E-state index < -0.39 is 12.0 Å². The van der Waals surface area contributed by atoms with Crippen molar-refractivity contribution in [2.75, 3.05) is 17.7 Å². The zero-order valence-electron chi connectivity index (χ0n) is 12.3. The van der Waals surface area contributed by atoms with Gasteiger partial charge in [-0.1, -0.05) is 23.7 Å². The Morgan fingerprint density at radius 1 is 1.13 bits per heavy atom. The molecule has 2 aromatic rings. The first kappa shape index (κ1) is 16.6. The molecule has 0 radical (unpaired) electrons. The lowest BCUT2D eigenvalue weighted by atomic mass is 10.1. The van der Waals surface area contributed by atoms with Gasteiger partial charge in [0.2, 0.25) is 0 Å². The SMILES string of the molecule is COc1ccc(Cl)cc1NC(=O)Nc1ccc(CC(=O)O)cc1. The van der Waals surface area contributed by atoms with Crippen LogP contribution < -0.4 is 15.4 Å². The second kappa shape index (κ2) is 7.51. The standard InChI is InChI=1S/C16H15ClN2O4/c1-23-14-7-4-11(17)9-13(14)19-16(22)18-12-5-2-10(3-6-12)8-15(20)21/h2-7,9H,8H2,1H3,(H,20,21)(H2,18,19,22). The molecule has 0 saturated carbocycles.